The fourth-order valence-corrected chi connectivity index (χ4v) is 1.93. The molecule has 0 aromatic heterocycles. The first-order valence-corrected chi connectivity index (χ1v) is 6.08. The number of nitrogens with zero attached hydrogens (tertiary/aromatic N) is 1. The lowest BCUT2D eigenvalue weighted by molar-refractivity contribution is -0.139. The second kappa shape index (κ2) is 6.52. The van der Waals surface area contributed by atoms with E-state index in [1.54, 1.807) is 7.05 Å². The summed E-state index contributed by atoms with van der Waals surface area (Å²) in [4.78, 5) is 13.0. The predicted octanol–water partition coefficient (Wildman–Crippen LogP) is 1.41. The molecule has 1 aromatic rings. The van der Waals surface area contributed by atoms with Gasteiger partial charge in [0.1, 0.15) is 6.04 Å². The van der Waals surface area contributed by atoms with E-state index in [2.05, 4.69) is 37.4 Å². The van der Waals surface area contributed by atoms with Crippen LogP contribution in [0.5, 0.6) is 0 Å². The van der Waals surface area contributed by atoms with Crippen LogP contribution in [-0.4, -0.2) is 42.7 Å². The molecule has 1 unspecified atom stereocenters. The van der Waals surface area contributed by atoms with Crippen molar-refractivity contribution in [3.05, 3.63) is 34.9 Å². The van der Waals surface area contributed by atoms with Gasteiger partial charge in [-0.2, -0.15) is 0 Å². The van der Waals surface area contributed by atoms with Crippen molar-refractivity contribution in [1.82, 2.24) is 10.2 Å². The Kier molecular flexibility index (Phi) is 5.31. The lowest BCUT2D eigenvalue weighted by Gasteiger charge is -2.22. The quantitative estimate of drug-likeness (QED) is 0.801. The van der Waals surface area contributed by atoms with Crippen LogP contribution in [-0.2, 0) is 11.3 Å². The number of aryl methyl sites for hydroxylation is 2. The van der Waals surface area contributed by atoms with Gasteiger partial charge in [-0.3, -0.25) is 9.69 Å². The minimum Gasteiger partial charge on any atom is -0.480 e. The molecule has 0 radical (unpaired) electrons. The molecule has 1 atom stereocenters. The maximum Gasteiger partial charge on any atom is 0.322 e. The second-order valence-corrected chi connectivity index (χ2v) is 4.81. The zero-order valence-corrected chi connectivity index (χ0v) is 11.5. The molecule has 0 aliphatic carbocycles. The van der Waals surface area contributed by atoms with Crippen LogP contribution < -0.4 is 5.32 Å². The van der Waals surface area contributed by atoms with Crippen LogP contribution in [0, 0.1) is 13.8 Å². The number of aliphatic carboxylic acids is 1. The largest absolute Gasteiger partial charge is 0.480 e. The minimum atomic E-state index is -0.815. The topological polar surface area (TPSA) is 52.6 Å². The van der Waals surface area contributed by atoms with Crippen LogP contribution in [0.4, 0.5) is 0 Å². The normalized spacial score (nSPS) is 12.7. The molecule has 0 amide bonds. The molecule has 0 saturated heterocycles. The van der Waals surface area contributed by atoms with Crippen molar-refractivity contribution >= 4 is 5.97 Å². The highest BCUT2D eigenvalue weighted by molar-refractivity contribution is 5.73. The Balaban J connectivity index is 2.66. The van der Waals surface area contributed by atoms with Gasteiger partial charge in [-0.05, 0) is 39.1 Å². The Bertz CT molecular complexity index is 418. The fourth-order valence-electron chi connectivity index (χ4n) is 1.93. The lowest BCUT2D eigenvalue weighted by atomic mass is 10.1. The average Bonchev–Trinajstić information content (AvgIpc) is 2.30. The smallest absolute Gasteiger partial charge is 0.322 e. The molecule has 0 saturated carbocycles. The van der Waals surface area contributed by atoms with E-state index >= 15 is 0 Å². The molecule has 0 heterocycles. The van der Waals surface area contributed by atoms with E-state index in [1.807, 2.05) is 11.9 Å². The van der Waals surface area contributed by atoms with Crippen molar-refractivity contribution in [3.8, 4) is 0 Å². The van der Waals surface area contributed by atoms with Gasteiger partial charge in [-0.15, -0.1) is 0 Å². The van der Waals surface area contributed by atoms with Gasteiger partial charge in [-0.1, -0.05) is 23.8 Å². The summed E-state index contributed by atoms with van der Waals surface area (Å²) in [5.74, 6) is -0.815. The predicted molar refractivity (Wildman–Crippen MR) is 72.7 cm³/mol. The maximum absolute atomic E-state index is 11.0. The lowest BCUT2D eigenvalue weighted by Crippen LogP contribution is -2.43. The second-order valence-electron chi connectivity index (χ2n) is 4.81. The number of carbonyl (C=O) groups is 1. The summed E-state index contributed by atoms with van der Waals surface area (Å²) in [6.07, 6.45) is 0. The number of hydrogen-bond acceptors (Lipinski definition) is 3. The third-order valence-corrected chi connectivity index (χ3v) is 3.09. The van der Waals surface area contributed by atoms with Crippen molar-refractivity contribution in [2.75, 3.05) is 20.6 Å². The van der Waals surface area contributed by atoms with Crippen molar-refractivity contribution in [3.63, 3.8) is 0 Å². The van der Waals surface area contributed by atoms with Gasteiger partial charge < -0.3 is 10.4 Å². The molecule has 4 heteroatoms. The van der Waals surface area contributed by atoms with Crippen molar-refractivity contribution in [1.29, 1.82) is 0 Å². The Morgan fingerprint density at radius 1 is 1.44 bits per heavy atom. The van der Waals surface area contributed by atoms with Gasteiger partial charge in [0.2, 0.25) is 0 Å². The highest BCUT2D eigenvalue weighted by Crippen LogP contribution is 2.12. The molecular formula is C14H22N2O2. The van der Waals surface area contributed by atoms with E-state index in [-0.39, 0.29) is 0 Å². The number of rotatable bonds is 6. The average molecular weight is 250 g/mol. The number of carboxylic acid groups (broad SMARTS) is 1. The number of benzene rings is 1. The number of nitrogens with one attached hydrogen (secondary N) is 1. The SMILES string of the molecule is CNC(CN(C)Cc1cc(C)ccc1C)C(=O)O. The summed E-state index contributed by atoms with van der Waals surface area (Å²) in [6.45, 7) is 5.39. The van der Waals surface area contributed by atoms with Crippen molar-refractivity contribution in [2.45, 2.75) is 26.4 Å². The van der Waals surface area contributed by atoms with Crippen molar-refractivity contribution in [2.24, 2.45) is 0 Å². The third-order valence-electron chi connectivity index (χ3n) is 3.09. The van der Waals surface area contributed by atoms with Gasteiger partial charge in [0.15, 0.2) is 0 Å². The first-order chi connectivity index (χ1) is 8.43. The van der Waals surface area contributed by atoms with E-state index in [9.17, 15) is 4.79 Å². The number of hydrogen-bond donors (Lipinski definition) is 2. The molecule has 2 N–H and O–H groups in total. The first-order valence-electron chi connectivity index (χ1n) is 6.08. The van der Waals surface area contributed by atoms with Crippen LogP contribution >= 0.6 is 0 Å². The Labute approximate surface area is 109 Å². The van der Waals surface area contributed by atoms with Crippen LogP contribution in [0.1, 0.15) is 16.7 Å². The number of likely N-dealkylation sites (N-methyl/N-ethyl adjacent to an activating group) is 2. The summed E-state index contributed by atoms with van der Waals surface area (Å²) >= 11 is 0. The molecular weight excluding hydrogens is 228 g/mol. The zero-order valence-electron chi connectivity index (χ0n) is 11.5. The number of carboxylic acids is 1. The Morgan fingerprint density at radius 2 is 2.11 bits per heavy atom. The highest BCUT2D eigenvalue weighted by Gasteiger charge is 2.17. The van der Waals surface area contributed by atoms with Gasteiger partial charge in [0.25, 0.3) is 0 Å². The van der Waals surface area contributed by atoms with Gasteiger partial charge in [0, 0.05) is 13.1 Å². The molecule has 0 aliphatic heterocycles. The molecule has 1 aromatic carbocycles. The molecule has 100 valence electrons. The standard InChI is InChI=1S/C14H22N2O2/c1-10-5-6-11(2)12(7-10)8-16(4)9-13(15-3)14(17)18/h5-7,13,15H,8-9H2,1-4H3,(H,17,18). The highest BCUT2D eigenvalue weighted by atomic mass is 16.4. The molecule has 18 heavy (non-hydrogen) atoms. The molecule has 1 rings (SSSR count). The summed E-state index contributed by atoms with van der Waals surface area (Å²) < 4.78 is 0. The monoisotopic (exact) mass is 250 g/mol. The Hall–Kier alpha value is -1.39. The molecule has 0 bridgehead atoms. The van der Waals surface area contributed by atoms with Crippen LogP contribution in [0.2, 0.25) is 0 Å². The molecule has 4 nitrogen and oxygen atoms in total. The molecule has 0 fully saturated rings. The van der Waals surface area contributed by atoms with E-state index in [0.717, 1.165) is 6.54 Å². The van der Waals surface area contributed by atoms with Crippen LogP contribution in [0.3, 0.4) is 0 Å². The zero-order chi connectivity index (χ0) is 13.7. The van der Waals surface area contributed by atoms with Crippen molar-refractivity contribution < 1.29 is 9.90 Å². The van der Waals surface area contributed by atoms with Crippen LogP contribution in [0.25, 0.3) is 0 Å². The fraction of sp³-hybridized carbons (Fsp3) is 0.500. The summed E-state index contributed by atoms with van der Waals surface area (Å²) in [7, 11) is 3.61. The van der Waals surface area contributed by atoms with Gasteiger partial charge in [0.05, 0.1) is 0 Å². The maximum atomic E-state index is 11.0. The van der Waals surface area contributed by atoms with Gasteiger partial charge in [-0.25, -0.2) is 0 Å². The first kappa shape index (κ1) is 14.7. The third kappa shape index (κ3) is 4.13. The van der Waals surface area contributed by atoms with Gasteiger partial charge >= 0.3 is 5.97 Å². The van der Waals surface area contributed by atoms with E-state index in [1.165, 1.54) is 16.7 Å². The minimum absolute atomic E-state index is 0.485. The summed E-state index contributed by atoms with van der Waals surface area (Å²) in [6, 6.07) is 5.82. The Morgan fingerprint density at radius 3 is 2.67 bits per heavy atom. The molecule has 0 spiro atoms. The van der Waals surface area contributed by atoms with E-state index in [4.69, 9.17) is 5.11 Å². The molecule has 0 aliphatic rings. The van der Waals surface area contributed by atoms with E-state index in [0.29, 0.717) is 6.54 Å². The van der Waals surface area contributed by atoms with Crippen LogP contribution in [0.15, 0.2) is 18.2 Å². The summed E-state index contributed by atoms with van der Waals surface area (Å²) in [5, 5.41) is 11.8. The van der Waals surface area contributed by atoms with E-state index < -0.39 is 12.0 Å². The summed E-state index contributed by atoms with van der Waals surface area (Å²) in [5.41, 5.74) is 3.72.